The fourth-order valence-corrected chi connectivity index (χ4v) is 3.83. The van der Waals surface area contributed by atoms with E-state index in [0.29, 0.717) is 18.9 Å². The van der Waals surface area contributed by atoms with Gasteiger partial charge in [-0.2, -0.15) is 0 Å². The van der Waals surface area contributed by atoms with Crippen LogP contribution >= 0.6 is 36.4 Å². The monoisotopic (exact) mass is 451 g/mol. The van der Waals surface area contributed by atoms with Gasteiger partial charge in [0.2, 0.25) is 5.91 Å². The Balaban J connectivity index is 0.00000196. The van der Waals surface area contributed by atoms with Crippen molar-refractivity contribution >= 4 is 42.3 Å². The molecule has 1 aromatic carbocycles. The molecule has 8 heteroatoms. The van der Waals surface area contributed by atoms with Crippen molar-refractivity contribution in [2.75, 3.05) is 52.4 Å². The van der Waals surface area contributed by atoms with Crippen LogP contribution in [-0.2, 0) is 4.79 Å². The minimum Gasteiger partial charge on any atom is -0.492 e. The molecule has 0 aromatic heterocycles. The van der Waals surface area contributed by atoms with Crippen molar-refractivity contribution in [2.24, 2.45) is 5.92 Å². The number of piperidine rings is 1. The van der Waals surface area contributed by atoms with Crippen LogP contribution in [-0.4, -0.2) is 68.1 Å². The van der Waals surface area contributed by atoms with Crippen LogP contribution in [0.2, 0.25) is 5.02 Å². The Morgan fingerprint density at radius 3 is 2.36 bits per heavy atom. The molecule has 0 bridgehead atoms. The van der Waals surface area contributed by atoms with E-state index < -0.39 is 0 Å². The van der Waals surface area contributed by atoms with Gasteiger partial charge in [-0.05, 0) is 62.5 Å². The van der Waals surface area contributed by atoms with Crippen LogP contribution in [0.5, 0.6) is 5.75 Å². The minimum absolute atomic E-state index is 0. The van der Waals surface area contributed by atoms with Gasteiger partial charge in [-0.15, -0.1) is 24.8 Å². The molecule has 1 aromatic rings. The zero-order valence-electron chi connectivity index (χ0n) is 16.3. The zero-order chi connectivity index (χ0) is 18.2. The van der Waals surface area contributed by atoms with Gasteiger partial charge in [0, 0.05) is 44.2 Å². The summed E-state index contributed by atoms with van der Waals surface area (Å²) in [5.74, 6) is 1.91. The molecule has 0 unspecified atom stereocenters. The van der Waals surface area contributed by atoms with E-state index in [-0.39, 0.29) is 24.8 Å². The second-order valence-electron chi connectivity index (χ2n) is 7.26. The first kappa shape index (κ1) is 25.3. The molecule has 0 radical (unpaired) electrons. The number of benzene rings is 1. The molecule has 1 N–H and O–H groups in total. The Morgan fingerprint density at radius 2 is 1.71 bits per heavy atom. The Labute approximate surface area is 185 Å². The summed E-state index contributed by atoms with van der Waals surface area (Å²) >= 11 is 5.87. The minimum atomic E-state index is 0. The molecule has 0 atom stereocenters. The number of carbonyl (C=O) groups is 1. The smallest absolute Gasteiger partial charge is 0.222 e. The van der Waals surface area contributed by atoms with Gasteiger partial charge in [0.15, 0.2) is 0 Å². The maximum atomic E-state index is 12.4. The summed E-state index contributed by atoms with van der Waals surface area (Å²) in [6, 6.07) is 7.46. The van der Waals surface area contributed by atoms with Crippen LogP contribution in [0.3, 0.4) is 0 Å². The fourth-order valence-electron chi connectivity index (χ4n) is 3.70. The van der Waals surface area contributed by atoms with Crippen LogP contribution in [0.1, 0.15) is 25.7 Å². The molecule has 2 saturated heterocycles. The van der Waals surface area contributed by atoms with Gasteiger partial charge >= 0.3 is 0 Å². The molecular formula is C20H32Cl3N3O2. The molecule has 0 spiro atoms. The number of nitrogens with zero attached hydrogens (tertiary/aromatic N) is 2. The number of carbonyl (C=O) groups excluding carboxylic acids is 1. The highest BCUT2D eigenvalue weighted by molar-refractivity contribution is 6.30. The second kappa shape index (κ2) is 13.5. The SMILES string of the molecule is Cl.Cl.O=C(CCC1CCNCC1)N1CCN(CCOc2ccc(Cl)cc2)CC1. The van der Waals surface area contributed by atoms with Crippen molar-refractivity contribution in [3.8, 4) is 5.75 Å². The van der Waals surface area contributed by atoms with Gasteiger partial charge in [0.05, 0.1) is 0 Å². The van der Waals surface area contributed by atoms with Crippen LogP contribution in [0.4, 0.5) is 0 Å². The maximum absolute atomic E-state index is 12.4. The summed E-state index contributed by atoms with van der Waals surface area (Å²) in [5, 5.41) is 4.10. The van der Waals surface area contributed by atoms with Crippen molar-refractivity contribution in [2.45, 2.75) is 25.7 Å². The lowest BCUT2D eigenvalue weighted by atomic mass is 9.93. The van der Waals surface area contributed by atoms with Gasteiger partial charge in [-0.25, -0.2) is 0 Å². The summed E-state index contributed by atoms with van der Waals surface area (Å²) in [5.41, 5.74) is 0. The van der Waals surface area contributed by atoms with E-state index in [1.807, 2.05) is 29.2 Å². The number of rotatable bonds is 7. The van der Waals surface area contributed by atoms with E-state index in [1.54, 1.807) is 0 Å². The first-order valence-electron chi connectivity index (χ1n) is 9.80. The number of piperazine rings is 1. The highest BCUT2D eigenvalue weighted by Gasteiger charge is 2.22. The number of ether oxygens (including phenoxy) is 1. The molecular weight excluding hydrogens is 421 g/mol. The van der Waals surface area contributed by atoms with Crippen molar-refractivity contribution in [1.29, 1.82) is 0 Å². The Hall–Kier alpha value is -0.720. The summed E-state index contributed by atoms with van der Waals surface area (Å²) in [7, 11) is 0. The van der Waals surface area contributed by atoms with E-state index in [1.165, 1.54) is 12.8 Å². The van der Waals surface area contributed by atoms with Gasteiger partial charge in [-0.3, -0.25) is 9.69 Å². The van der Waals surface area contributed by atoms with Crippen LogP contribution in [0, 0.1) is 5.92 Å². The molecule has 2 aliphatic rings. The van der Waals surface area contributed by atoms with Crippen molar-refractivity contribution in [3.05, 3.63) is 29.3 Å². The second-order valence-corrected chi connectivity index (χ2v) is 7.69. The van der Waals surface area contributed by atoms with E-state index in [4.69, 9.17) is 16.3 Å². The van der Waals surface area contributed by atoms with Crippen LogP contribution in [0.15, 0.2) is 24.3 Å². The number of nitrogens with one attached hydrogen (secondary N) is 1. The predicted molar refractivity (Wildman–Crippen MR) is 119 cm³/mol. The standard InChI is InChI=1S/C20H30ClN3O2.2ClH/c21-18-2-4-19(5-3-18)26-16-15-23-11-13-24(14-12-23)20(25)6-1-17-7-9-22-10-8-17;;/h2-5,17,22H,1,6-16H2;2*1H. The zero-order valence-corrected chi connectivity index (χ0v) is 18.7. The average Bonchev–Trinajstić information content (AvgIpc) is 2.69. The molecule has 0 aliphatic carbocycles. The van der Waals surface area contributed by atoms with E-state index in [0.717, 1.165) is 68.9 Å². The van der Waals surface area contributed by atoms with Crippen LogP contribution < -0.4 is 10.1 Å². The van der Waals surface area contributed by atoms with Gasteiger partial charge in [0.1, 0.15) is 12.4 Å². The maximum Gasteiger partial charge on any atom is 0.222 e. The predicted octanol–water partition coefficient (Wildman–Crippen LogP) is 3.49. The van der Waals surface area contributed by atoms with Gasteiger partial charge < -0.3 is 15.0 Å². The van der Waals surface area contributed by atoms with Gasteiger partial charge in [-0.1, -0.05) is 11.6 Å². The highest BCUT2D eigenvalue weighted by atomic mass is 35.5. The quantitative estimate of drug-likeness (QED) is 0.688. The van der Waals surface area contributed by atoms with E-state index in [2.05, 4.69) is 10.2 Å². The lowest BCUT2D eigenvalue weighted by Crippen LogP contribution is -2.49. The third kappa shape index (κ3) is 8.34. The summed E-state index contributed by atoms with van der Waals surface area (Å²) in [6.45, 7) is 7.31. The number of halogens is 3. The molecule has 28 heavy (non-hydrogen) atoms. The Morgan fingerprint density at radius 1 is 1.07 bits per heavy atom. The molecule has 1 amide bonds. The number of amides is 1. The summed E-state index contributed by atoms with van der Waals surface area (Å²) in [4.78, 5) is 16.8. The lowest BCUT2D eigenvalue weighted by Gasteiger charge is -2.35. The van der Waals surface area contributed by atoms with Crippen molar-refractivity contribution < 1.29 is 9.53 Å². The number of hydrogen-bond donors (Lipinski definition) is 1. The Kier molecular flexibility index (Phi) is 12.2. The van der Waals surface area contributed by atoms with Crippen molar-refractivity contribution in [3.63, 3.8) is 0 Å². The number of hydrogen-bond acceptors (Lipinski definition) is 4. The summed E-state index contributed by atoms with van der Waals surface area (Å²) in [6.07, 6.45) is 4.20. The van der Waals surface area contributed by atoms with Crippen LogP contribution in [0.25, 0.3) is 0 Å². The third-order valence-electron chi connectivity index (χ3n) is 5.44. The average molecular weight is 453 g/mol. The van der Waals surface area contributed by atoms with Gasteiger partial charge in [0.25, 0.3) is 0 Å². The first-order chi connectivity index (χ1) is 12.7. The summed E-state index contributed by atoms with van der Waals surface area (Å²) < 4.78 is 5.76. The third-order valence-corrected chi connectivity index (χ3v) is 5.69. The van der Waals surface area contributed by atoms with E-state index in [9.17, 15) is 4.79 Å². The molecule has 5 nitrogen and oxygen atoms in total. The lowest BCUT2D eigenvalue weighted by molar-refractivity contribution is -0.133. The molecule has 2 aliphatic heterocycles. The van der Waals surface area contributed by atoms with Crippen molar-refractivity contribution in [1.82, 2.24) is 15.1 Å². The largest absolute Gasteiger partial charge is 0.492 e. The highest BCUT2D eigenvalue weighted by Crippen LogP contribution is 2.19. The molecule has 2 heterocycles. The van der Waals surface area contributed by atoms with E-state index >= 15 is 0 Å². The molecule has 3 rings (SSSR count). The Bertz CT molecular complexity index is 560. The molecule has 2 fully saturated rings. The normalized spacial score (nSPS) is 18.1. The first-order valence-corrected chi connectivity index (χ1v) is 10.2. The fraction of sp³-hybridized carbons (Fsp3) is 0.650. The molecule has 0 saturated carbocycles. The molecule has 160 valence electrons. The topological polar surface area (TPSA) is 44.8 Å².